The van der Waals surface area contributed by atoms with Gasteiger partial charge in [0.05, 0.1) is 28.6 Å². The number of hydrogen-bond acceptors (Lipinski definition) is 6. The van der Waals surface area contributed by atoms with Crippen molar-refractivity contribution >= 4 is 11.9 Å². The Morgan fingerprint density at radius 2 is 1.76 bits per heavy atom. The lowest BCUT2D eigenvalue weighted by Gasteiger charge is -2.73. The predicted octanol–water partition coefficient (Wildman–Crippen LogP) is 4.87. The van der Waals surface area contributed by atoms with E-state index in [0.29, 0.717) is 23.8 Å². The summed E-state index contributed by atoms with van der Waals surface area (Å²) in [6.07, 6.45) is 1.48. The van der Waals surface area contributed by atoms with Gasteiger partial charge in [0.2, 0.25) is 0 Å². The monoisotopic (exact) mass is 512 g/mol. The molecule has 4 aliphatic rings. The molecule has 1 aromatic carbocycles. The van der Waals surface area contributed by atoms with Crippen LogP contribution in [-0.2, 0) is 14.3 Å². The van der Waals surface area contributed by atoms with Crippen LogP contribution >= 0.6 is 0 Å². The van der Waals surface area contributed by atoms with Crippen LogP contribution in [0.5, 0.6) is 0 Å². The molecule has 2 N–H and O–H groups in total. The van der Waals surface area contributed by atoms with Gasteiger partial charge in [0, 0.05) is 11.3 Å². The van der Waals surface area contributed by atoms with E-state index in [-0.39, 0.29) is 36.2 Å². The Balaban J connectivity index is 1.63. The zero-order chi connectivity index (χ0) is 26.9. The molecule has 0 amide bonds. The minimum Gasteiger partial charge on any atom is -0.461 e. The smallest absolute Gasteiger partial charge is 0.338 e. The van der Waals surface area contributed by atoms with Crippen molar-refractivity contribution in [2.75, 3.05) is 6.61 Å². The van der Waals surface area contributed by atoms with E-state index in [1.165, 1.54) is 0 Å². The number of benzene rings is 1. The predicted molar refractivity (Wildman–Crippen MR) is 139 cm³/mol. The third-order valence-corrected chi connectivity index (χ3v) is 11.1. The lowest BCUT2D eigenvalue weighted by molar-refractivity contribution is -0.357. The fraction of sp³-hybridized carbons (Fsp3) is 0.742. The molecule has 6 heteroatoms. The van der Waals surface area contributed by atoms with Crippen LogP contribution in [0.4, 0.5) is 0 Å². The number of fused-ring (bicyclic) bond motifs is 6. The summed E-state index contributed by atoms with van der Waals surface area (Å²) in [7, 11) is 0. The Labute approximate surface area is 221 Å². The molecule has 4 saturated carbocycles. The molecule has 0 spiro atoms. The van der Waals surface area contributed by atoms with Crippen LogP contribution in [0, 0.1) is 52.3 Å². The quantitative estimate of drug-likeness (QED) is 0.529. The minimum absolute atomic E-state index is 0.0824. The van der Waals surface area contributed by atoms with Gasteiger partial charge >= 0.3 is 11.9 Å². The SMILES string of the molecule is CC(C)C(=O)OC1C(O)C2(C)C3CCC(C)C3C2C2(O)CCC(C(C)C)C12COC(=O)c1ccccc1. The van der Waals surface area contributed by atoms with Gasteiger partial charge in [-0.25, -0.2) is 4.79 Å². The van der Waals surface area contributed by atoms with Crippen LogP contribution in [0.3, 0.4) is 0 Å². The first-order chi connectivity index (χ1) is 17.4. The van der Waals surface area contributed by atoms with Gasteiger partial charge in [-0.15, -0.1) is 0 Å². The van der Waals surface area contributed by atoms with Gasteiger partial charge in [0.15, 0.2) is 0 Å². The van der Waals surface area contributed by atoms with Crippen molar-refractivity contribution in [3.8, 4) is 0 Å². The third-order valence-electron chi connectivity index (χ3n) is 11.1. The second-order valence-electron chi connectivity index (χ2n) is 13.3. The van der Waals surface area contributed by atoms with Crippen LogP contribution in [0.1, 0.15) is 77.6 Å². The summed E-state index contributed by atoms with van der Waals surface area (Å²) in [6, 6.07) is 8.84. The number of ether oxygens (including phenoxy) is 2. The minimum atomic E-state index is -1.21. The normalized spacial score (nSPS) is 44.1. The number of hydrogen-bond donors (Lipinski definition) is 2. The van der Waals surface area contributed by atoms with Crippen LogP contribution in [0.25, 0.3) is 0 Å². The van der Waals surface area contributed by atoms with Crippen LogP contribution < -0.4 is 0 Å². The highest BCUT2D eigenvalue weighted by atomic mass is 16.6. The average molecular weight is 513 g/mol. The molecule has 0 saturated heterocycles. The van der Waals surface area contributed by atoms with Crippen LogP contribution in [-0.4, -0.2) is 46.6 Å². The van der Waals surface area contributed by atoms with Crippen molar-refractivity contribution < 1.29 is 29.3 Å². The van der Waals surface area contributed by atoms with Gasteiger partial charge in [-0.2, -0.15) is 0 Å². The fourth-order valence-corrected chi connectivity index (χ4v) is 9.49. The zero-order valence-corrected chi connectivity index (χ0v) is 23.1. The summed E-state index contributed by atoms with van der Waals surface area (Å²) in [5.74, 6) is -0.274. The summed E-state index contributed by atoms with van der Waals surface area (Å²) in [5.41, 5.74) is -2.42. The molecule has 4 fully saturated rings. The van der Waals surface area contributed by atoms with E-state index in [9.17, 15) is 19.8 Å². The summed E-state index contributed by atoms with van der Waals surface area (Å²) in [4.78, 5) is 26.3. The number of carbonyl (C=O) groups excluding carboxylic acids is 2. The van der Waals surface area contributed by atoms with Crippen molar-refractivity contribution in [1.82, 2.24) is 0 Å². The summed E-state index contributed by atoms with van der Waals surface area (Å²) in [6.45, 7) is 12.0. The Morgan fingerprint density at radius 1 is 1.08 bits per heavy atom. The van der Waals surface area contributed by atoms with Gasteiger partial charge in [-0.05, 0) is 61.0 Å². The molecule has 37 heavy (non-hydrogen) atoms. The van der Waals surface area contributed by atoms with E-state index in [1.807, 2.05) is 6.07 Å². The molecular weight excluding hydrogens is 468 g/mol. The Bertz CT molecular complexity index is 1040. The van der Waals surface area contributed by atoms with Crippen molar-refractivity contribution in [2.45, 2.75) is 85.0 Å². The van der Waals surface area contributed by atoms with E-state index in [1.54, 1.807) is 38.1 Å². The largest absolute Gasteiger partial charge is 0.461 e. The molecule has 4 aliphatic carbocycles. The Hall–Kier alpha value is -1.92. The highest BCUT2D eigenvalue weighted by molar-refractivity contribution is 5.89. The average Bonchev–Trinajstić information content (AvgIpc) is 3.35. The second kappa shape index (κ2) is 9.08. The Kier molecular flexibility index (Phi) is 6.55. The van der Waals surface area contributed by atoms with Crippen LogP contribution in [0.2, 0.25) is 0 Å². The van der Waals surface area contributed by atoms with Gasteiger partial charge in [-0.1, -0.05) is 66.2 Å². The standard InChI is InChI=1S/C31H44O6/c1-17(2)21-14-15-31(35)24-23-19(5)12-13-22(23)29(24,6)25(32)26(37-27(33)18(3)4)30(21,31)16-36-28(34)20-10-8-7-9-11-20/h7-11,17-19,21-26,32,35H,12-16H2,1-6H3. The Morgan fingerprint density at radius 3 is 2.38 bits per heavy atom. The lowest BCUT2D eigenvalue weighted by atomic mass is 9.33. The maximum Gasteiger partial charge on any atom is 0.338 e. The maximum atomic E-state index is 13.2. The molecule has 10 unspecified atom stereocenters. The zero-order valence-electron chi connectivity index (χ0n) is 23.1. The number of rotatable bonds is 6. The van der Waals surface area contributed by atoms with E-state index >= 15 is 0 Å². The first-order valence-corrected chi connectivity index (χ1v) is 14.2. The summed E-state index contributed by atoms with van der Waals surface area (Å²) < 4.78 is 12.2. The first-order valence-electron chi connectivity index (χ1n) is 14.2. The van der Waals surface area contributed by atoms with Crippen molar-refractivity contribution in [2.24, 2.45) is 52.3 Å². The van der Waals surface area contributed by atoms with Crippen molar-refractivity contribution in [3.63, 3.8) is 0 Å². The van der Waals surface area contributed by atoms with Gasteiger partial charge in [0.1, 0.15) is 12.7 Å². The lowest BCUT2D eigenvalue weighted by Crippen LogP contribution is -2.81. The molecule has 0 heterocycles. The molecule has 1 aromatic rings. The molecule has 10 atom stereocenters. The van der Waals surface area contributed by atoms with Gasteiger partial charge in [-0.3, -0.25) is 4.79 Å². The number of carbonyl (C=O) groups is 2. The number of aliphatic hydroxyl groups excluding tert-OH is 1. The molecule has 204 valence electrons. The van der Waals surface area contributed by atoms with Gasteiger partial charge in [0.25, 0.3) is 0 Å². The molecule has 6 nitrogen and oxygen atoms in total. The molecule has 0 radical (unpaired) electrons. The third kappa shape index (κ3) is 3.50. The molecule has 0 bridgehead atoms. The fourth-order valence-electron chi connectivity index (χ4n) is 9.49. The van der Waals surface area contributed by atoms with E-state index in [2.05, 4.69) is 27.7 Å². The van der Waals surface area contributed by atoms with E-state index in [0.717, 1.165) is 19.3 Å². The summed E-state index contributed by atoms with van der Waals surface area (Å²) >= 11 is 0. The maximum absolute atomic E-state index is 13.2. The van der Waals surface area contributed by atoms with Crippen LogP contribution in [0.15, 0.2) is 30.3 Å². The van der Waals surface area contributed by atoms with E-state index in [4.69, 9.17) is 9.47 Å². The van der Waals surface area contributed by atoms with Crippen molar-refractivity contribution in [1.29, 1.82) is 0 Å². The highest BCUT2D eigenvalue weighted by Gasteiger charge is 2.83. The van der Waals surface area contributed by atoms with Crippen molar-refractivity contribution in [3.05, 3.63) is 35.9 Å². The highest BCUT2D eigenvalue weighted by Crippen LogP contribution is 2.78. The molecule has 5 rings (SSSR count). The summed E-state index contributed by atoms with van der Waals surface area (Å²) in [5, 5.41) is 25.1. The molecule has 0 aromatic heterocycles. The molecular formula is C31H44O6. The number of esters is 2. The first kappa shape index (κ1) is 26.7. The van der Waals surface area contributed by atoms with E-state index < -0.39 is 40.6 Å². The molecule has 0 aliphatic heterocycles. The van der Waals surface area contributed by atoms with Gasteiger partial charge < -0.3 is 19.7 Å². The topological polar surface area (TPSA) is 93.1 Å². The number of aliphatic hydroxyl groups is 2. The second-order valence-corrected chi connectivity index (χ2v) is 13.3.